The summed E-state index contributed by atoms with van der Waals surface area (Å²) in [6.45, 7) is 3.94. The van der Waals surface area contributed by atoms with Gasteiger partial charge in [-0.05, 0) is 51.2 Å². The van der Waals surface area contributed by atoms with E-state index in [0.717, 1.165) is 6.42 Å². The maximum absolute atomic E-state index is 12.8. The third-order valence-electron chi connectivity index (χ3n) is 5.48. The zero-order valence-electron chi connectivity index (χ0n) is 21.9. The van der Waals surface area contributed by atoms with Gasteiger partial charge in [0.25, 0.3) is 0 Å². The summed E-state index contributed by atoms with van der Waals surface area (Å²) in [7, 11) is 5.41. The molecular formula is C24H37N7O6. The second-order valence-electron chi connectivity index (χ2n) is 8.81. The first-order valence-electron chi connectivity index (χ1n) is 12.1. The summed E-state index contributed by atoms with van der Waals surface area (Å²) in [5, 5.41) is 8.90. The van der Waals surface area contributed by atoms with Crippen LogP contribution in [0.1, 0.15) is 31.7 Å². The normalized spacial score (nSPS) is 15.5. The van der Waals surface area contributed by atoms with E-state index in [1.165, 1.54) is 4.90 Å². The van der Waals surface area contributed by atoms with Crippen molar-refractivity contribution in [3.8, 4) is 0 Å². The van der Waals surface area contributed by atoms with E-state index in [1.807, 2.05) is 25.9 Å². The summed E-state index contributed by atoms with van der Waals surface area (Å²) in [5.41, 5.74) is 7.09. The first-order chi connectivity index (χ1) is 17.6. The Bertz CT molecular complexity index is 967. The molecule has 1 saturated heterocycles. The van der Waals surface area contributed by atoms with E-state index >= 15 is 0 Å². The molecule has 1 aromatic rings. The van der Waals surface area contributed by atoms with Gasteiger partial charge in [0.2, 0.25) is 5.91 Å². The number of benzene rings is 1. The lowest BCUT2D eigenvalue weighted by atomic mass is 10.2. The number of oxime groups is 1. The van der Waals surface area contributed by atoms with Crippen molar-refractivity contribution in [3.63, 3.8) is 0 Å². The summed E-state index contributed by atoms with van der Waals surface area (Å²) < 4.78 is 4.95. The number of hydrogen-bond acceptors (Lipinski definition) is 8. The number of anilines is 1. The van der Waals surface area contributed by atoms with Gasteiger partial charge < -0.3 is 35.8 Å². The number of nitrogens with one attached hydrogen (secondary N) is 2. The largest absolute Gasteiger partial charge is 0.466 e. The van der Waals surface area contributed by atoms with Crippen LogP contribution < -0.4 is 21.3 Å². The molecule has 1 aliphatic rings. The minimum absolute atomic E-state index is 0.0171. The van der Waals surface area contributed by atoms with Crippen LogP contribution in [0, 0.1) is 0 Å². The smallest absolute Gasteiger partial charge is 0.435 e. The molecule has 1 atom stereocenters. The molecule has 13 heteroatoms. The van der Waals surface area contributed by atoms with Crippen LogP contribution in [0.3, 0.4) is 0 Å². The van der Waals surface area contributed by atoms with Gasteiger partial charge in [0, 0.05) is 44.5 Å². The number of urea groups is 1. The first kappa shape index (κ1) is 29.4. The van der Waals surface area contributed by atoms with E-state index in [-0.39, 0.29) is 30.7 Å². The number of hydrogen-bond donors (Lipinski definition) is 3. The highest BCUT2D eigenvalue weighted by Crippen LogP contribution is 2.22. The number of esters is 1. The van der Waals surface area contributed by atoms with Gasteiger partial charge in [0.05, 0.1) is 13.0 Å². The van der Waals surface area contributed by atoms with Crippen LogP contribution in [0.4, 0.5) is 15.3 Å². The number of ether oxygens (including phenoxy) is 1. The number of amides is 4. The zero-order chi connectivity index (χ0) is 27.4. The first-order valence-corrected chi connectivity index (χ1v) is 12.1. The standard InChI is InChI=1S/C24H37N7O6/c1-5-16-36-20(32)10-12-26-23(34)27-19-11-13-31(22(19)33)18-8-6-17(7-9-18)21(25)28-37-24(35)30(4)15-14-29(2)3/h6-9,19H,5,10-16H2,1-4H3,(H2,25,28)(H2,26,27,34)/t19-/m0/s1. The molecule has 1 fully saturated rings. The number of carbonyl (C=O) groups is 4. The van der Waals surface area contributed by atoms with E-state index in [4.69, 9.17) is 15.3 Å². The van der Waals surface area contributed by atoms with Gasteiger partial charge in [-0.25, -0.2) is 9.59 Å². The maximum Gasteiger partial charge on any atom is 0.435 e. The molecule has 0 aliphatic carbocycles. The second kappa shape index (κ2) is 14.6. The van der Waals surface area contributed by atoms with Crippen molar-refractivity contribution in [1.82, 2.24) is 20.4 Å². The lowest BCUT2D eigenvalue weighted by molar-refractivity contribution is -0.143. The molecule has 13 nitrogen and oxygen atoms in total. The van der Waals surface area contributed by atoms with Gasteiger partial charge in [-0.2, -0.15) is 0 Å². The van der Waals surface area contributed by atoms with Crippen LogP contribution in [-0.2, 0) is 19.2 Å². The predicted octanol–water partition coefficient (Wildman–Crippen LogP) is 0.685. The van der Waals surface area contributed by atoms with Crippen molar-refractivity contribution < 1.29 is 28.8 Å². The number of carbonyl (C=O) groups excluding carboxylic acids is 4. The topological polar surface area (TPSA) is 159 Å². The van der Waals surface area contributed by atoms with E-state index in [2.05, 4.69) is 15.8 Å². The molecule has 204 valence electrons. The van der Waals surface area contributed by atoms with Gasteiger partial charge in [-0.3, -0.25) is 14.4 Å². The third kappa shape index (κ3) is 9.60. The Hall–Kier alpha value is -3.87. The monoisotopic (exact) mass is 519 g/mol. The second-order valence-corrected chi connectivity index (χ2v) is 8.81. The van der Waals surface area contributed by atoms with Crippen molar-refractivity contribution in [3.05, 3.63) is 29.8 Å². The summed E-state index contributed by atoms with van der Waals surface area (Å²) in [5.74, 6) is -0.616. The average Bonchev–Trinajstić information content (AvgIpc) is 3.23. The molecular weight excluding hydrogens is 482 g/mol. The number of nitrogens with two attached hydrogens (primary N) is 1. The summed E-state index contributed by atoms with van der Waals surface area (Å²) in [6.07, 6.45) is 0.605. The summed E-state index contributed by atoms with van der Waals surface area (Å²) in [6, 6.07) is 5.52. The predicted molar refractivity (Wildman–Crippen MR) is 138 cm³/mol. The van der Waals surface area contributed by atoms with Gasteiger partial charge in [0.15, 0.2) is 5.84 Å². The van der Waals surface area contributed by atoms with Crippen LogP contribution in [0.25, 0.3) is 0 Å². The van der Waals surface area contributed by atoms with Crippen molar-refractivity contribution in [2.75, 3.05) is 58.8 Å². The van der Waals surface area contributed by atoms with Gasteiger partial charge in [-0.15, -0.1) is 0 Å². The Labute approximate surface area is 216 Å². The van der Waals surface area contributed by atoms with E-state index in [9.17, 15) is 19.2 Å². The molecule has 0 saturated carbocycles. The minimum atomic E-state index is -0.678. The lowest BCUT2D eigenvalue weighted by Crippen LogP contribution is -2.46. The van der Waals surface area contributed by atoms with Crippen LogP contribution in [-0.4, -0.2) is 99.6 Å². The van der Waals surface area contributed by atoms with Gasteiger partial charge in [-0.1, -0.05) is 12.1 Å². The molecule has 2 rings (SSSR count). The van der Waals surface area contributed by atoms with Crippen LogP contribution >= 0.6 is 0 Å². The van der Waals surface area contributed by atoms with E-state index in [1.54, 1.807) is 36.2 Å². The Morgan fingerprint density at radius 1 is 1.16 bits per heavy atom. The van der Waals surface area contributed by atoms with Crippen molar-refractivity contribution in [2.24, 2.45) is 10.9 Å². The lowest BCUT2D eigenvalue weighted by Gasteiger charge is -2.18. The summed E-state index contributed by atoms with van der Waals surface area (Å²) >= 11 is 0. The molecule has 0 spiro atoms. The SMILES string of the molecule is CCCOC(=O)CCNC(=O)N[C@H]1CCN(c2ccc(C(N)=NOC(=O)N(C)CCN(C)C)cc2)C1=O. The highest BCUT2D eigenvalue weighted by molar-refractivity contribution is 6.02. The molecule has 1 aliphatic heterocycles. The maximum atomic E-state index is 12.8. The fourth-order valence-corrected chi connectivity index (χ4v) is 3.31. The fourth-order valence-electron chi connectivity index (χ4n) is 3.31. The Morgan fingerprint density at radius 2 is 1.86 bits per heavy atom. The molecule has 4 amide bonds. The number of likely N-dealkylation sites (N-methyl/N-ethyl adjacent to an activating group) is 2. The highest BCUT2D eigenvalue weighted by Gasteiger charge is 2.33. The molecule has 0 unspecified atom stereocenters. The quantitative estimate of drug-likeness (QED) is 0.120. The Balaban J connectivity index is 1.83. The third-order valence-corrected chi connectivity index (χ3v) is 5.48. The molecule has 0 radical (unpaired) electrons. The number of nitrogens with zero attached hydrogens (tertiary/aromatic N) is 4. The van der Waals surface area contributed by atoms with E-state index < -0.39 is 18.2 Å². The number of rotatable bonds is 12. The summed E-state index contributed by atoms with van der Waals surface area (Å²) in [4.78, 5) is 58.2. The van der Waals surface area contributed by atoms with Crippen LogP contribution in [0.2, 0.25) is 0 Å². The molecule has 0 bridgehead atoms. The Kier molecular flexibility index (Phi) is 11.6. The molecule has 37 heavy (non-hydrogen) atoms. The average molecular weight is 520 g/mol. The van der Waals surface area contributed by atoms with Crippen LogP contribution in [0.5, 0.6) is 0 Å². The van der Waals surface area contributed by atoms with E-state index in [0.29, 0.717) is 43.9 Å². The van der Waals surface area contributed by atoms with Crippen molar-refractivity contribution in [1.29, 1.82) is 0 Å². The highest BCUT2D eigenvalue weighted by atomic mass is 16.7. The zero-order valence-corrected chi connectivity index (χ0v) is 21.9. The van der Waals surface area contributed by atoms with Crippen molar-refractivity contribution >= 4 is 35.5 Å². The Morgan fingerprint density at radius 3 is 2.51 bits per heavy atom. The minimum Gasteiger partial charge on any atom is -0.466 e. The molecule has 0 aromatic heterocycles. The molecule has 1 heterocycles. The molecule has 1 aromatic carbocycles. The van der Waals surface area contributed by atoms with Gasteiger partial charge in [0.1, 0.15) is 6.04 Å². The van der Waals surface area contributed by atoms with Crippen molar-refractivity contribution in [2.45, 2.75) is 32.2 Å². The molecule has 4 N–H and O–H groups in total. The van der Waals surface area contributed by atoms with Gasteiger partial charge >= 0.3 is 18.1 Å². The fraction of sp³-hybridized carbons (Fsp3) is 0.542. The van der Waals surface area contributed by atoms with Crippen LogP contribution in [0.15, 0.2) is 29.4 Å². The number of amidine groups is 1.